The Labute approximate surface area is 123 Å². The molecule has 4 heteroatoms. The van der Waals surface area contributed by atoms with Gasteiger partial charge in [0.1, 0.15) is 0 Å². The van der Waals surface area contributed by atoms with E-state index in [9.17, 15) is 0 Å². The van der Waals surface area contributed by atoms with Crippen molar-refractivity contribution >= 4 is 17.7 Å². The summed E-state index contributed by atoms with van der Waals surface area (Å²) in [5.41, 5.74) is 0.874. The predicted molar refractivity (Wildman–Crippen MR) is 80.4 cm³/mol. The molecule has 0 radical (unpaired) electrons. The molecule has 2 aromatic rings. The van der Waals surface area contributed by atoms with Crippen molar-refractivity contribution in [2.45, 2.75) is 32.1 Å². The van der Waals surface area contributed by atoms with Gasteiger partial charge in [-0.2, -0.15) is 4.98 Å². The molecule has 0 saturated heterocycles. The summed E-state index contributed by atoms with van der Waals surface area (Å²) in [5, 5.41) is 4.67. The topological polar surface area (TPSA) is 38.9 Å². The lowest BCUT2D eigenvalue weighted by molar-refractivity contribution is 0.406. The highest BCUT2D eigenvalue weighted by molar-refractivity contribution is 6.30. The van der Waals surface area contributed by atoms with Crippen LogP contribution in [0.4, 0.5) is 0 Å². The van der Waals surface area contributed by atoms with E-state index < -0.39 is 0 Å². The van der Waals surface area contributed by atoms with Crippen LogP contribution in [-0.4, -0.2) is 10.1 Å². The molecule has 1 fully saturated rings. The maximum absolute atomic E-state index is 5.96. The van der Waals surface area contributed by atoms with E-state index in [2.05, 4.69) is 16.2 Å². The molecule has 1 saturated carbocycles. The highest BCUT2D eigenvalue weighted by atomic mass is 35.5. The number of allylic oxidation sites excluding steroid dienone is 1. The van der Waals surface area contributed by atoms with E-state index in [1.165, 1.54) is 32.1 Å². The summed E-state index contributed by atoms with van der Waals surface area (Å²) >= 11 is 5.96. The number of halogens is 1. The Balaban J connectivity index is 1.71. The minimum atomic E-state index is 0.561. The summed E-state index contributed by atoms with van der Waals surface area (Å²) in [4.78, 5) is 4.38. The molecule has 1 aromatic heterocycles. The molecule has 0 bridgehead atoms. The molecule has 3 nitrogen and oxygen atoms in total. The molecule has 1 aliphatic rings. The molecular weight excluding hydrogens is 272 g/mol. The van der Waals surface area contributed by atoms with Gasteiger partial charge < -0.3 is 4.52 Å². The number of hydrogen-bond acceptors (Lipinski definition) is 3. The number of hydrogen-bond donors (Lipinski definition) is 0. The van der Waals surface area contributed by atoms with Crippen LogP contribution < -0.4 is 0 Å². The molecule has 0 amide bonds. The SMILES string of the molecule is Clc1cccc(-c2noc(C=CC3CCCCC3)n2)c1. The lowest BCUT2D eigenvalue weighted by Gasteiger charge is -2.17. The van der Waals surface area contributed by atoms with Gasteiger partial charge in [-0.3, -0.25) is 0 Å². The molecule has 104 valence electrons. The molecule has 0 atom stereocenters. The summed E-state index contributed by atoms with van der Waals surface area (Å²) in [6.45, 7) is 0. The van der Waals surface area contributed by atoms with Crippen molar-refractivity contribution in [3.8, 4) is 11.4 Å². The Kier molecular flexibility index (Phi) is 4.16. The van der Waals surface area contributed by atoms with Crippen LogP contribution in [-0.2, 0) is 0 Å². The number of rotatable bonds is 3. The van der Waals surface area contributed by atoms with Crippen molar-refractivity contribution in [3.63, 3.8) is 0 Å². The summed E-state index contributed by atoms with van der Waals surface area (Å²) < 4.78 is 5.26. The van der Waals surface area contributed by atoms with Gasteiger partial charge in [0.15, 0.2) is 0 Å². The van der Waals surface area contributed by atoms with Crippen LogP contribution in [0, 0.1) is 5.92 Å². The van der Waals surface area contributed by atoms with Crippen LogP contribution >= 0.6 is 11.6 Å². The van der Waals surface area contributed by atoms with Gasteiger partial charge in [-0.05, 0) is 37.0 Å². The van der Waals surface area contributed by atoms with E-state index >= 15 is 0 Å². The van der Waals surface area contributed by atoms with Gasteiger partial charge in [-0.1, -0.05) is 54.2 Å². The lowest BCUT2D eigenvalue weighted by atomic mass is 9.89. The van der Waals surface area contributed by atoms with Crippen molar-refractivity contribution in [2.75, 3.05) is 0 Å². The summed E-state index contributed by atoms with van der Waals surface area (Å²) in [6, 6.07) is 7.47. The number of nitrogens with zero attached hydrogens (tertiary/aromatic N) is 2. The molecule has 1 aromatic carbocycles. The first kappa shape index (κ1) is 13.4. The monoisotopic (exact) mass is 288 g/mol. The zero-order chi connectivity index (χ0) is 13.8. The normalized spacial score (nSPS) is 16.9. The third-order valence-electron chi connectivity index (χ3n) is 3.69. The number of aromatic nitrogens is 2. The van der Waals surface area contributed by atoms with Crippen molar-refractivity contribution in [3.05, 3.63) is 41.3 Å². The van der Waals surface area contributed by atoms with E-state index in [1.54, 1.807) is 0 Å². The summed E-state index contributed by atoms with van der Waals surface area (Å²) in [5.74, 6) is 1.80. The van der Waals surface area contributed by atoms with Crippen molar-refractivity contribution < 1.29 is 4.52 Å². The van der Waals surface area contributed by atoms with E-state index in [0.29, 0.717) is 22.7 Å². The van der Waals surface area contributed by atoms with Gasteiger partial charge in [0.25, 0.3) is 5.89 Å². The molecule has 0 spiro atoms. The second-order valence-electron chi connectivity index (χ2n) is 5.22. The fraction of sp³-hybridized carbons (Fsp3) is 0.375. The zero-order valence-corrected chi connectivity index (χ0v) is 12.0. The van der Waals surface area contributed by atoms with Crippen LogP contribution in [0.1, 0.15) is 38.0 Å². The smallest absolute Gasteiger partial charge is 0.250 e. The molecular formula is C16H17ClN2O. The van der Waals surface area contributed by atoms with Crippen LogP contribution in [0.2, 0.25) is 5.02 Å². The highest BCUT2D eigenvalue weighted by Crippen LogP contribution is 2.25. The molecule has 3 rings (SSSR count). The highest BCUT2D eigenvalue weighted by Gasteiger charge is 2.11. The van der Waals surface area contributed by atoms with Gasteiger partial charge in [-0.15, -0.1) is 0 Å². The quantitative estimate of drug-likeness (QED) is 0.799. The lowest BCUT2D eigenvalue weighted by Crippen LogP contribution is -2.02. The van der Waals surface area contributed by atoms with Crippen LogP contribution in [0.3, 0.4) is 0 Å². The molecule has 1 aliphatic carbocycles. The first-order valence-corrected chi connectivity index (χ1v) is 7.47. The molecule has 0 unspecified atom stereocenters. The van der Waals surface area contributed by atoms with Crippen molar-refractivity contribution in [2.24, 2.45) is 5.92 Å². The van der Waals surface area contributed by atoms with Gasteiger partial charge >= 0.3 is 0 Å². The third-order valence-corrected chi connectivity index (χ3v) is 3.92. The Morgan fingerprint density at radius 1 is 1.20 bits per heavy atom. The van der Waals surface area contributed by atoms with Crippen molar-refractivity contribution in [1.82, 2.24) is 10.1 Å². The van der Waals surface area contributed by atoms with Gasteiger partial charge in [0.05, 0.1) is 0 Å². The predicted octanol–water partition coefficient (Wildman–Crippen LogP) is 4.98. The minimum absolute atomic E-state index is 0.561. The van der Waals surface area contributed by atoms with Crippen LogP contribution in [0.5, 0.6) is 0 Å². The first-order chi connectivity index (χ1) is 9.81. The second-order valence-corrected chi connectivity index (χ2v) is 5.66. The minimum Gasteiger partial charge on any atom is -0.334 e. The maximum atomic E-state index is 5.96. The van der Waals surface area contributed by atoms with E-state index in [4.69, 9.17) is 16.1 Å². The zero-order valence-electron chi connectivity index (χ0n) is 11.3. The first-order valence-electron chi connectivity index (χ1n) is 7.09. The summed E-state index contributed by atoms with van der Waals surface area (Å²) in [7, 11) is 0. The Morgan fingerprint density at radius 2 is 2.05 bits per heavy atom. The third kappa shape index (κ3) is 3.28. The second kappa shape index (κ2) is 6.23. The fourth-order valence-corrected chi connectivity index (χ4v) is 2.78. The van der Waals surface area contributed by atoms with Gasteiger partial charge in [0, 0.05) is 10.6 Å². The Hall–Kier alpha value is -1.61. The van der Waals surface area contributed by atoms with Crippen molar-refractivity contribution in [1.29, 1.82) is 0 Å². The maximum Gasteiger partial charge on any atom is 0.250 e. The molecule has 0 N–H and O–H groups in total. The summed E-state index contributed by atoms with van der Waals surface area (Å²) in [6.07, 6.45) is 10.7. The molecule has 1 heterocycles. The Morgan fingerprint density at radius 3 is 2.85 bits per heavy atom. The standard InChI is InChI=1S/C16H17ClN2O/c17-14-8-4-7-13(11-14)16-18-15(20-19-16)10-9-12-5-2-1-3-6-12/h4,7-12H,1-3,5-6H2. The fourth-order valence-electron chi connectivity index (χ4n) is 2.59. The van der Waals surface area contributed by atoms with E-state index in [1.807, 2.05) is 30.3 Å². The van der Waals surface area contributed by atoms with Gasteiger partial charge in [-0.25, -0.2) is 0 Å². The Bertz CT molecular complexity index is 600. The number of benzene rings is 1. The largest absolute Gasteiger partial charge is 0.334 e. The van der Waals surface area contributed by atoms with E-state index in [0.717, 1.165) is 5.56 Å². The van der Waals surface area contributed by atoms with Crippen LogP contribution in [0.15, 0.2) is 34.9 Å². The molecule has 0 aliphatic heterocycles. The molecule has 20 heavy (non-hydrogen) atoms. The van der Waals surface area contributed by atoms with Crippen LogP contribution in [0.25, 0.3) is 17.5 Å². The van der Waals surface area contributed by atoms with E-state index in [-0.39, 0.29) is 0 Å². The average molecular weight is 289 g/mol. The average Bonchev–Trinajstić information content (AvgIpc) is 2.95. The van der Waals surface area contributed by atoms with Gasteiger partial charge in [0.2, 0.25) is 5.82 Å².